The van der Waals surface area contributed by atoms with E-state index in [0.717, 1.165) is 17.5 Å². The maximum atomic E-state index is 12.2. The van der Waals surface area contributed by atoms with Gasteiger partial charge in [-0.15, -0.1) is 0 Å². The van der Waals surface area contributed by atoms with Gasteiger partial charge >= 0.3 is 0 Å². The summed E-state index contributed by atoms with van der Waals surface area (Å²) in [5.74, 6) is 0.398. The summed E-state index contributed by atoms with van der Waals surface area (Å²) in [6.45, 7) is 3.63. The van der Waals surface area contributed by atoms with E-state index in [0.29, 0.717) is 12.0 Å². The minimum atomic E-state index is 0.120. The van der Waals surface area contributed by atoms with Crippen LogP contribution >= 0.6 is 0 Å². The zero-order valence-electron chi connectivity index (χ0n) is 11.3. The normalized spacial score (nSPS) is 10.4. The van der Waals surface area contributed by atoms with Crippen molar-refractivity contribution in [1.82, 2.24) is 0 Å². The quantitative estimate of drug-likeness (QED) is 0.842. The number of hydrogen-bond acceptors (Lipinski definition) is 2. The van der Waals surface area contributed by atoms with Crippen molar-refractivity contribution in [1.29, 1.82) is 0 Å². The standard InChI is InChI=1S/C17H18O2/c1-12-10-15(11-13(2)17(12)19)16(18)9-8-14-6-4-3-5-7-14/h3-7,10-11,19H,8-9H2,1-2H3. The Morgan fingerprint density at radius 2 is 1.63 bits per heavy atom. The summed E-state index contributed by atoms with van der Waals surface area (Å²) in [5.41, 5.74) is 3.36. The van der Waals surface area contributed by atoms with E-state index in [4.69, 9.17) is 0 Å². The average Bonchev–Trinajstić information content (AvgIpc) is 2.42. The van der Waals surface area contributed by atoms with Gasteiger partial charge < -0.3 is 5.11 Å². The second kappa shape index (κ2) is 5.70. The molecule has 0 fully saturated rings. The molecule has 0 aliphatic rings. The van der Waals surface area contributed by atoms with Crippen LogP contribution in [0.25, 0.3) is 0 Å². The van der Waals surface area contributed by atoms with E-state index in [2.05, 4.69) is 0 Å². The van der Waals surface area contributed by atoms with Crippen LogP contribution in [0.5, 0.6) is 5.75 Å². The number of benzene rings is 2. The zero-order chi connectivity index (χ0) is 13.8. The number of aromatic hydroxyl groups is 1. The molecule has 0 saturated carbocycles. The first-order valence-electron chi connectivity index (χ1n) is 6.45. The zero-order valence-corrected chi connectivity index (χ0v) is 11.3. The first kappa shape index (κ1) is 13.3. The van der Waals surface area contributed by atoms with Gasteiger partial charge in [0.1, 0.15) is 5.75 Å². The Kier molecular flexibility index (Phi) is 4.00. The van der Waals surface area contributed by atoms with E-state index >= 15 is 0 Å². The van der Waals surface area contributed by atoms with E-state index in [1.165, 1.54) is 5.56 Å². The van der Waals surface area contributed by atoms with E-state index < -0.39 is 0 Å². The lowest BCUT2D eigenvalue weighted by atomic mass is 9.99. The molecule has 0 heterocycles. The van der Waals surface area contributed by atoms with Crippen molar-refractivity contribution >= 4 is 5.78 Å². The molecule has 0 unspecified atom stereocenters. The second-order valence-electron chi connectivity index (χ2n) is 4.87. The van der Waals surface area contributed by atoms with Gasteiger partial charge in [-0.3, -0.25) is 4.79 Å². The van der Waals surface area contributed by atoms with E-state index in [9.17, 15) is 9.90 Å². The Bertz CT molecular complexity index is 562. The van der Waals surface area contributed by atoms with Gasteiger partial charge in [-0.25, -0.2) is 0 Å². The number of aryl methyl sites for hydroxylation is 3. The molecule has 0 aliphatic heterocycles. The van der Waals surface area contributed by atoms with Gasteiger partial charge in [0.2, 0.25) is 0 Å². The van der Waals surface area contributed by atoms with Crippen molar-refractivity contribution < 1.29 is 9.90 Å². The van der Waals surface area contributed by atoms with Gasteiger partial charge in [0.25, 0.3) is 0 Å². The molecule has 2 rings (SSSR count). The molecule has 2 aromatic rings. The fourth-order valence-corrected chi connectivity index (χ4v) is 2.16. The Labute approximate surface area is 113 Å². The van der Waals surface area contributed by atoms with Crippen molar-refractivity contribution in [3.05, 3.63) is 64.7 Å². The maximum absolute atomic E-state index is 12.2. The lowest BCUT2D eigenvalue weighted by Crippen LogP contribution is -2.02. The summed E-state index contributed by atoms with van der Waals surface area (Å²) in [5, 5.41) is 9.71. The Balaban J connectivity index is 2.08. The van der Waals surface area contributed by atoms with Crippen LogP contribution in [0.4, 0.5) is 0 Å². The smallest absolute Gasteiger partial charge is 0.163 e. The largest absolute Gasteiger partial charge is 0.507 e. The third-order valence-electron chi connectivity index (χ3n) is 3.30. The molecule has 0 bridgehead atoms. The fourth-order valence-electron chi connectivity index (χ4n) is 2.16. The molecule has 2 nitrogen and oxygen atoms in total. The van der Waals surface area contributed by atoms with Crippen LogP contribution in [0.2, 0.25) is 0 Å². The minimum Gasteiger partial charge on any atom is -0.507 e. The summed E-state index contributed by atoms with van der Waals surface area (Å²) in [4.78, 5) is 12.2. The Morgan fingerprint density at radius 3 is 2.21 bits per heavy atom. The van der Waals surface area contributed by atoms with Crippen LogP contribution in [-0.4, -0.2) is 10.9 Å². The highest BCUT2D eigenvalue weighted by Crippen LogP contribution is 2.23. The topological polar surface area (TPSA) is 37.3 Å². The minimum absolute atomic E-state index is 0.120. The van der Waals surface area contributed by atoms with Gasteiger partial charge in [0, 0.05) is 12.0 Å². The van der Waals surface area contributed by atoms with Gasteiger partial charge in [-0.1, -0.05) is 30.3 Å². The molecule has 0 atom stereocenters. The van der Waals surface area contributed by atoms with E-state index in [-0.39, 0.29) is 11.5 Å². The van der Waals surface area contributed by atoms with Crippen LogP contribution in [0.3, 0.4) is 0 Å². The molecular formula is C17H18O2. The molecule has 98 valence electrons. The summed E-state index contributed by atoms with van der Waals surface area (Å²) >= 11 is 0. The Morgan fingerprint density at radius 1 is 1.05 bits per heavy atom. The predicted molar refractivity (Wildman–Crippen MR) is 76.7 cm³/mol. The number of hydrogen-bond donors (Lipinski definition) is 1. The van der Waals surface area contributed by atoms with Gasteiger partial charge in [0.15, 0.2) is 5.78 Å². The van der Waals surface area contributed by atoms with E-state index in [1.54, 1.807) is 12.1 Å². The third-order valence-corrected chi connectivity index (χ3v) is 3.30. The lowest BCUT2D eigenvalue weighted by Gasteiger charge is -2.07. The highest BCUT2D eigenvalue weighted by Gasteiger charge is 2.10. The SMILES string of the molecule is Cc1cc(C(=O)CCc2ccccc2)cc(C)c1O. The molecule has 2 heteroatoms. The molecule has 1 N–H and O–H groups in total. The second-order valence-corrected chi connectivity index (χ2v) is 4.87. The van der Waals surface area contributed by atoms with Crippen LogP contribution in [0.1, 0.15) is 33.5 Å². The Hall–Kier alpha value is -2.09. The maximum Gasteiger partial charge on any atom is 0.163 e. The first-order valence-corrected chi connectivity index (χ1v) is 6.45. The summed E-state index contributed by atoms with van der Waals surface area (Å²) < 4.78 is 0. The van der Waals surface area contributed by atoms with Crippen LogP contribution in [0, 0.1) is 13.8 Å². The number of phenols is 1. The van der Waals surface area contributed by atoms with Crippen molar-refractivity contribution in [3.8, 4) is 5.75 Å². The first-order chi connectivity index (χ1) is 9.08. The predicted octanol–water partition coefficient (Wildman–Crippen LogP) is 3.82. The molecular weight excluding hydrogens is 236 g/mol. The molecule has 0 amide bonds. The number of carbonyl (C=O) groups is 1. The van der Waals surface area contributed by atoms with Crippen molar-refractivity contribution in [2.24, 2.45) is 0 Å². The highest BCUT2D eigenvalue weighted by molar-refractivity contribution is 5.96. The summed E-state index contributed by atoms with van der Waals surface area (Å²) in [6, 6.07) is 13.5. The number of carbonyl (C=O) groups excluding carboxylic acids is 1. The molecule has 0 spiro atoms. The molecule has 19 heavy (non-hydrogen) atoms. The van der Waals surface area contributed by atoms with Crippen molar-refractivity contribution in [2.75, 3.05) is 0 Å². The third kappa shape index (κ3) is 3.22. The monoisotopic (exact) mass is 254 g/mol. The molecule has 0 radical (unpaired) electrons. The average molecular weight is 254 g/mol. The number of phenolic OH excluding ortho intramolecular Hbond substituents is 1. The lowest BCUT2D eigenvalue weighted by molar-refractivity contribution is 0.0982. The number of Topliss-reactive ketones (excluding diaryl/α,β-unsaturated/α-hetero) is 1. The van der Waals surface area contributed by atoms with Crippen molar-refractivity contribution in [2.45, 2.75) is 26.7 Å². The highest BCUT2D eigenvalue weighted by atomic mass is 16.3. The van der Waals surface area contributed by atoms with Crippen LogP contribution in [-0.2, 0) is 6.42 Å². The van der Waals surface area contributed by atoms with Gasteiger partial charge in [-0.2, -0.15) is 0 Å². The summed E-state index contributed by atoms with van der Waals surface area (Å²) in [6.07, 6.45) is 1.24. The number of ketones is 1. The molecule has 2 aromatic carbocycles. The van der Waals surface area contributed by atoms with Crippen LogP contribution in [0.15, 0.2) is 42.5 Å². The van der Waals surface area contributed by atoms with E-state index in [1.807, 2.05) is 44.2 Å². The molecule has 0 aliphatic carbocycles. The van der Waals surface area contributed by atoms with Gasteiger partial charge in [0.05, 0.1) is 0 Å². The number of rotatable bonds is 4. The fraction of sp³-hybridized carbons (Fsp3) is 0.235. The molecule has 0 aromatic heterocycles. The van der Waals surface area contributed by atoms with Crippen molar-refractivity contribution in [3.63, 3.8) is 0 Å². The molecule has 0 saturated heterocycles. The van der Waals surface area contributed by atoms with Gasteiger partial charge in [-0.05, 0) is 49.1 Å². The van der Waals surface area contributed by atoms with Crippen LogP contribution < -0.4 is 0 Å². The summed E-state index contributed by atoms with van der Waals surface area (Å²) in [7, 11) is 0.